The van der Waals surface area contributed by atoms with Crippen molar-refractivity contribution >= 4 is 17.7 Å². The fraction of sp³-hybridized carbons (Fsp3) is 0.583. The van der Waals surface area contributed by atoms with Gasteiger partial charge in [0.15, 0.2) is 0 Å². The fourth-order valence-corrected chi connectivity index (χ4v) is 4.43. The Balaban J connectivity index is 1.23. The Labute approximate surface area is 194 Å². The van der Waals surface area contributed by atoms with Crippen molar-refractivity contribution in [2.45, 2.75) is 63.5 Å². The number of aryl methyl sites for hydroxylation is 3. The molecule has 0 spiro atoms. The average Bonchev–Trinajstić information content (AvgIpc) is 3.57. The first-order chi connectivity index (χ1) is 16.0. The molecule has 0 aromatic carbocycles. The Morgan fingerprint density at radius 2 is 2.12 bits per heavy atom. The molecule has 1 atom stereocenters. The van der Waals surface area contributed by atoms with Gasteiger partial charge in [-0.1, -0.05) is 6.07 Å². The first-order valence-corrected chi connectivity index (χ1v) is 12.0. The summed E-state index contributed by atoms with van der Waals surface area (Å²) < 4.78 is 1.44. The molecule has 9 nitrogen and oxygen atoms in total. The molecule has 0 bridgehead atoms. The minimum absolute atomic E-state index is 0.353. The third-order valence-electron chi connectivity index (χ3n) is 6.51. The molecule has 1 aliphatic heterocycles. The van der Waals surface area contributed by atoms with Gasteiger partial charge in [0.25, 0.3) is 5.91 Å². The van der Waals surface area contributed by atoms with E-state index in [1.54, 1.807) is 13.1 Å². The smallest absolute Gasteiger partial charge is 0.326 e. The second kappa shape index (κ2) is 10.8. The highest BCUT2D eigenvalue weighted by molar-refractivity contribution is 5.95. The van der Waals surface area contributed by atoms with E-state index in [-0.39, 0.29) is 0 Å². The van der Waals surface area contributed by atoms with E-state index < -0.39 is 17.9 Å². The molecular weight excluding hydrogens is 420 g/mol. The van der Waals surface area contributed by atoms with Crippen molar-refractivity contribution in [2.24, 2.45) is 7.05 Å². The predicted molar refractivity (Wildman–Crippen MR) is 125 cm³/mol. The number of hydrogen-bond donors (Lipinski definition) is 3. The van der Waals surface area contributed by atoms with Crippen molar-refractivity contribution in [3.8, 4) is 0 Å². The van der Waals surface area contributed by atoms with Crippen LogP contribution in [0.3, 0.4) is 0 Å². The highest BCUT2D eigenvalue weighted by Gasteiger charge is 2.30. The molecule has 1 fully saturated rings. The second-order valence-electron chi connectivity index (χ2n) is 9.06. The van der Waals surface area contributed by atoms with Crippen LogP contribution in [-0.2, 0) is 24.7 Å². The van der Waals surface area contributed by atoms with Crippen LogP contribution in [0.2, 0.25) is 0 Å². The summed E-state index contributed by atoms with van der Waals surface area (Å²) in [5, 5.41) is 19.6. The highest BCUT2D eigenvalue weighted by atomic mass is 16.4. The zero-order valence-electron chi connectivity index (χ0n) is 19.3. The average molecular weight is 455 g/mol. The van der Waals surface area contributed by atoms with Gasteiger partial charge in [-0.25, -0.2) is 9.78 Å². The molecule has 2 aliphatic rings. The first-order valence-electron chi connectivity index (χ1n) is 12.0. The van der Waals surface area contributed by atoms with E-state index in [0.717, 1.165) is 63.1 Å². The van der Waals surface area contributed by atoms with E-state index in [1.807, 2.05) is 0 Å². The third kappa shape index (κ3) is 6.31. The van der Waals surface area contributed by atoms with E-state index in [9.17, 15) is 14.7 Å². The van der Waals surface area contributed by atoms with Crippen LogP contribution >= 0.6 is 0 Å². The number of nitrogens with one attached hydrogen (secondary N) is 2. The summed E-state index contributed by atoms with van der Waals surface area (Å²) in [7, 11) is 1.66. The summed E-state index contributed by atoms with van der Waals surface area (Å²) in [4.78, 5) is 31.3. The number of pyridine rings is 1. The molecule has 1 unspecified atom stereocenters. The standard InChI is InChI=1S/C24H34N6O3/c1-29-21(11-14-26-29)23(31)28-20(24(32)33)12-16-30(19-9-10-19)15-3-2-6-18-8-7-17-5-4-13-25-22(17)27-18/h7-8,11,14,19-20H,2-6,9-10,12-13,15-16H2,1H3,(H,25,27)(H,28,31)(H,32,33). The van der Waals surface area contributed by atoms with Crippen molar-refractivity contribution in [1.29, 1.82) is 0 Å². The molecule has 3 N–H and O–H groups in total. The van der Waals surface area contributed by atoms with Gasteiger partial charge in [0.1, 0.15) is 17.6 Å². The maximum absolute atomic E-state index is 12.4. The van der Waals surface area contributed by atoms with Gasteiger partial charge in [0, 0.05) is 38.1 Å². The molecule has 0 saturated heterocycles. The lowest BCUT2D eigenvalue weighted by molar-refractivity contribution is -0.139. The van der Waals surface area contributed by atoms with E-state index in [1.165, 1.54) is 22.9 Å². The number of fused-ring (bicyclic) bond motifs is 1. The number of carboxylic acid groups (broad SMARTS) is 1. The Kier molecular flexibility index (Phi) is 7.59. The van der Waals surface area contributed by atoms with Gasteiger partial charge in [-0.2, -0.15) is 5.10 Å². The minimum Gasteiger partial charge on any atom is -0.480 e. The van der Waals surface area contributed by atoms with Gasteiger partial charge >= 0.3 is 5.97 Å². The quantitative estimate of drug-likeness (QED) is 0.422. The number of anilines is 1. The van der Waals surface area contributed by atoms with E-state index in [4.69, 9.17) is 4.98 Å². The number of hydrogen-bond acceptors (Lipinski definition) is 6. The van der Waals surface area contributed by atoms with Crippen molar-refractivity contribution in [2.75, 3.05) is 25.0 Å². The minimum atomic E-state index is -1.01. The number of nitrogens with zero attached hydrogens (tertiary/aromatic N) is 4. The van der Waals surface area contributed by atoms with Gasteiger partial charge in [-0.15, -0.1) is 0 Å². The number of aromatic nitrogens is 3. The van der Waals surface area contributed by atoms with Crippen LogP contribution in [0.1, 0.15) is 60.3 Å². The number of rotatable bonds is 12. The van der Waals surface area contributed by atoms with E-state index >= 15 is 0 Å². The van der Waals surface area contributed by atoms with Crippen LogP contribution < -0.4 is 10.6 Å². The molecule has 0 radical (unpaired) electrons. The summed E-state index contributed by atoms with van der Waals surface area (Å²) >= 11 is 0. The zero-order valence-corrected chi connectivity index (χ0v) is 19.3. The fourth-order valence-electron chi connectivity index (χ4n) is 4.43. The summed E-state index contributed by atoms with van der Waals surface area (Å²) in [6, 6.07) is 5.55. The van der Waals surface area contributed by atoms with Crippen LogP contribution in [0, 0.1) is 0 Å². The molecule has 2 aromatic rings. The van der Waals surface area contributed by atoms with E-state index in [0.29, 0.717) is 24.7 Å². The largest absolute Gasteiger partial charge is 0.480 e. The molecule has 9 heteroatoms. The number of unbranched alkanes of at least 4 members (excludes halogenated alkanes) is 1. The molecule has 2 aromatic heterocycles. The molecule has 178 valence electrons. The van der Waals surface area contributed by atoms with Crippen LogP contribution in [-0.4, -0.2) is 68.4 Å². The Hall–Kier alpha value is -2.94. The Morgan fingerprint density at radius 3 is 2.85 bits per heavy atom. The van der Waals surface area contributed by atoms with Crippen LogP contribution in [0.15, 0.2) is 24.4 Å². The molecular formula is C24H34N6O3. The van der Waals surface area contributed by atoms with Gasteiger partial charge < -0.3 is 20.6 Å². The molecule has 1 saturated carbocycles. The van der Waals surface area contributed by atoms with Crippen LogP contribution in [0.25, 0.3) is 0 Å². The summed E-state index contributed by atoms with van der Waals surface area (Å²) in [6.45, 7) is 2.60. The summed E-state index contributed by atoms with van der Waals surface area (Å²) in [5.41, 5.74) is 2.80. The highest BCUT2D eigenvalue weighted by Crippen LogP contribution is 2.27. The predicted octanol–water partition coefficient (Wildman–Crippen LogP) is 2.23. The Bertz CT molecular complexity index is 971. The molecule has 33 heavy (non-hydrogen) atoms. The van der Waals surface area contributed by atoms with Crippen molar-refractivity contribution in [3.63, 3.8) is 0 Å². The second-order valence-corrected chi connectivity index (χ2v) is 9.06. The molecule has 1 aliphatic carbocycles. The van der Waals surface area contributed by atoms with Crippen molar-refractivity contribution in [1.82, 2.24) is 25.0 Å². The first kappa shape index (κ1) is 23.2. The molecule has 4 rings (SSSR count). The maximum atomic E-state index is 12.4. The number of carbonyl (C=O) groups is 2. The molecule has 1 amide bonds. The number of carboxylic acids is 1. The normalized spacial score (nSPS) is 16.2. The number of aliphatic carboxylic acids is 1. The van der Waals surface area contributed by atoms with Gasteiger partial charge in [0.2, 0.25) is 0 Å². The summed E-state index contributed by atoms with van der Waals surface area (Å²) in [6.07, 6.45) is 9.55. The van der Waals surface area contributed by atoms with Gasteiger partial charge in [-0.05, 0) is 75.6 Å². The van der Waals surface area contributed by atoms with Crippen LogP contribution in [0.5, 0.6) is 0 Å². The van der Waals surface area contributed by atoms with E-state index in [2.05, 4.69) is 32.8 Å². The van der Waals surface area contributed by atoms with Crippen molar-refractivity contribution in [3.05, 3.63) is 41.3 Å². The zero-order chi connectivity index (χ0) is 23.2. The maximum Gasteiger partial charge on any atom is 0.326 e. The third-order valence-corrected chi connectivity index (χ3v) is 6.51. The number of amides is 1. The lowest BCUT2D eigenvalue weighted by Gasteiger charge is -2.24. The van der Waals surface area contributed by atoms with Crippen molar-refractivity contribution < 1.29 is 14.7 Å². The lowest BCUT2D eigenvalue weighted by Crippen LogP contribution is -2.44. The van der Waals surface area contributed by atoms with Gasteiger partial charge in [0.05, 0.1) is 0 Å². The van der Waals surface area contributed by atoms with Crippen LogP contribution in [0.4, 0.5) is 5.82 Å². The Morgan fingerprint density at radius 1 is 1.27 bits per heavy atom. The SMILES string of the molecule is Cn1nccc1C(=O)NC(CCN(CCCCc1ccc2c(n1)NCCC2)C1CC1)C(=O)O. The van der Waals surface area contributed by atoms with Gasteiger partial charge in [-0.3, -0.25) is 9.48 Å². The molecule has 3 heterocycles. The lowest BCUT2D eigenvalue weighted by atomic mass is 10.1. The summed E-state index contributed by atoms with van der Waals surface area (Å²) in [5.74, 6) is -0.369. The topological polar surface area (TPSA) is 112 Å². The number of carbonyl (C=O) groups excluding carboxylic acids is 1. The monoisotopic (exact) mass is 454 g/mol.